The van der Waals surface area contributed by atoms with E-state index in [1.54, 1.807) is 25.6 Å². The molecule has 1 aliphatic heterocycles. The molecular weight excluding hydrogens is 511 g/mol. The van der Waals surface area contributed by atoms with Crippen molar-refractivity contribution in [3.63, 3.8) is 0 Å². The van der Waals surface area contributed by atoms with E-state index in [0.717, 1.165) is 67.2 Å². The number of aliphatic imine (C=N–C) groups is 1. The first-order chi connectivity index (χ1) is 14.0. The third-order valence-electron chi connectivity index (χ3n) is 5.27. The predicted molar refractivity (Wildman–Crippen MR) is 135 cm³/mol. The Labute approximate surface area is 201 Å². The average molecular weight is 545 g/mol. The molecule has 30 heavy (non-hydrogen) atoms. The van der Waals surface area contributed by atoms with Crippen molar-refractivity contribution < 1.29 is 9.47 Å². The fourth-order valence-electron chi connectivity index (χ4n) is 3.78. The van der Waals surface area contributed by atoms with Crippen LogP contribution in [0.5, 0.6) is 11.5 Å². The molecule has 0 spiro atoms. The highest BCUT2D eigenvalue weighted by atomic mass is 127. The fourth-order valence-corrected chi connectivity index (χ4v) is 4.71. The Morgan fingerprint density at radius 2 is 1.93 bits per heavy atom. The van der Waals surface area contributed by atoms with E-state index < -0.39 is 0 Å². The van der Waals surface area contributed by atoms with Crippen LogP contribution in [0.25, 0.3) is 0 Å². The van der Waals surface area contributed by atoms with Gasteiger partial charge in [0.05, 0.1) is 24.9 Å². The number of aromatic nitrogens is 1. The molecule has 1 saturated heterocycles. The van der Waals surface area contributed by atoms with Gasteiger partial charge in [0, 0.05) is 49.5 Å². The van der Waals surface area contributed by atoms with E-state index in [1.165, 1.54) is 10.4 Å². The normalized spacial score (nSPS) is 16.4. The molecule has 166 valence electrons. The maximum Gasteiger partial charge on any atom is 0.193 e. The number of benzene rings is 1. The Balaban J connectivity index is 0.00000320. The third kappa shape index (κ3) is 6.23. The van der Waals surface area contributed by atoms with Crippen LogP contribution >= 0.6 is 35.3 Å². The fraction of sp³-hybridized carbons (Fsp3) is 0.545. The van der Waals surface area contributed by atoms with Gasteiger partial charge in [-0.3, -0.25) is 4.99 Å². The Hall–Kier alpha value is -1.55. The molecule has 1 aromatic heterocycles. The Kier molecular flexibility index (Phi) is 9.67. The Morgan fingerprint density at radius 3 is 2.50 bits per heavy atom. The first-order valence-corrected chi connectivity index (χ1v) is 11.0. The molecule has 1 unspecified atom stereocenters. The van der Waals surface area contributed by atoms with Crippen LogP contribution in [0.4, 0.5) is 0 Å². The Bertz CT molecular complexity index is 833. The number of likely N-dealkylation sites (tertiary alicyclic amines) is 1. The smallest absolute Gasteiger partial charge is 0.193 e. The van der Waals surface area contributed by atoms with Gasteiger partial charge in [-0.2, -0.15) is 0 Å². The Morgan fingerprint density at radius 1 is 1.23 bits per heavy atom. The number of aryl methyl sites for hydroxylation is 2. The molecule has 1 fully saturated rings. The lowest BCUT2D eigenvalue weighted by molar-refractivity contribution is 0.392. The van der Waals surface area contributed by atoms with Crippen LogP contribution in [0.2, 0.25) is 0 Å². The first kappa shape index (κ1) is 24.7. The molecule has 0 bridgehead atoms. The summed E-state index contributed by atoms with van der Waals surface area (Å²) in [5, 5.41) is 4.59. The highest BCUT2D eigenvalue weighted by Gasteiger charge is 2.27. The molecule has 1 aliphatic rings. The van der Waals surface area contributed by atoms with Gasteiger partial charge in [-0.1, -0.05) is 0 Å². The molecule has 0 aliphatic carbocycles. The number of guanidine groups is 1. The molecule has 1 aromatic carbocycles. The van der Waals surface area contributed by atoms with Gasteiger partial charge in [0.25, 0.3) is 0 Å². The van der Waals surface area contributed by atoms with Crippen molar-refractivity contribution in [3.8, 4) is 11.5 Å². The van der Waals surface area contributed by atoms with E-state index in [9.17, 15) is 0 Å². The molecule has 1 atom stereocenters. The van der Waals surface area contributed by atoms with Crippen LogP contribution in [0.3, 0.4) is 0 Å². The largest absolute Gasteiger partial charge is 0.497 e. The first-order valence-electron chi connectivity index (χ1n) is 10.2. The maximum absolute atomic E-state index is 5.44. The summed E-state index contributed by atoms with van der Waals surface area (Å²) in [6, 6.07) is 6.16. The molecule has 0 saturated carbocycles. The summed E-state index contributed by atoms with van der Waals surface area (Å²) >= 11 is 1.78. The average Bonchev–Trinajstić information content (AvgIpc) is 3.33. The minimum absolute atomic E-state index is 0. The van der Waals surface area contributed by atoms with Crippen LogP contribution in [0, 0.1) is 13.8 Å². The van der Waals surface area contributed by atoms with Crippen LogP contribution < -0.4 is 14.8 Å². The number of nitrogens with zero attached hydrogens (tertiary/aromatic N) is 3. The van der Waals surface area contributed by atoms with Crippen LogP contribution in [-0.2, 0) is 6.42 Å². The SMILES string of the molecule is CCNC(=NCCc1sc(C)nc1C)N1CCC(c2cc(OC)cc(OC)c2)C1.I. The van der Waals surface area contributed by atoms with Crippen molar-refractivity contribution in [2.45, 2.75) is 39.5 Å². The summed E-state index contributed by atoms with van der Waals surface area (Å²) in [5.41, 5.74) is 2.40. The van der Waals surface area contributed by atoms with E-state index in [4.69, 9.17) is 14.5 Å². The van der Waals surface area contributed by atoms with E-state index in [2.05, 4.69) is 48.1 Å². The molecule has 2 heterocycles. The number of rotatable bonds is 7. The zero-order chi connectivity index (χ0) is 20.8. The summed E-state index contributed by atoms with van der Waals surface area (Å²) in [4.78, 5) is 13.1. The van der Waals surface area contributed by atoms with Crippen LogP contribution in [0.1, 0.15) is 40.4 Å². The molecule has 0 amide bonds. The van der Waals surface area contributed by atoms with Crippen LogP contribution in [-0.4, -0.2) is 56.2 Å². The standard InChI is InChI=1S/C22H32N4O2S.HI/c1-6-23-22(24-9-7-21-15(2)25-16(3)29-21)26-10-8-17(14-26)18-11-19(27-4)13-20(12-18)28-5;/h11-13,17H,6-10,14H2,1-5H3,(H,23,24);1H. The minimum atomic E-state index is 0. The molecule has 1 N–H and O–H groups in total. The molecule has 6 nitrogen and oxygen atoms in total. The van der Waals surface area contributed by atoms with Gasteiger partial charge in [-0.25, -0.2) is 4.98 Å². The molecule has 3 rings (SSSR count). The molecular formula is C22H33IN4O2S. The number of thiazole rings is 1. The van der Waals surface area contributed by atoms with Gasteiger partial charge in [-0.15, -0.1) is 35.3 Å². The van der Waals surface area contributed by atoms with Crippen molar-refractivity contribution >= 4 is 41.3 Å². The second-order valence-corrected chi connectivity index (χ2v) is 8.59. The van der Waals surface area contributed by atoms with Gasteiger partial charge in [0.1, 0.15) is 11.5 Å². The molecule has 0 radical (unpaired) electrons. The van der Waals surface area contributed by atoms with Gasteiger partial charge in [0.15, 0.2) is 5.96 Å². The van der Waals surface area contributed by atoms with Crippen molar-refractivity contribution in [1.29, 1.82) is 0 Å². The number of methoxy groups -OCH3 is 2. The van der Waals surface area contributed by atoms with E-state index in [-0.39, 0.29) is 24.0 Å². The number of halogens is 1. The van der Waals surface area contributed by atoms with Gasteiger partial charge in [-0.05, 0) is 44.9 Å². The van der Waals surface area contributed by atoms with Gasteiger partial charge < -0.3 is 19.7 Å². The number of ether oxygens (including phenoxy) is 2. The minimum Gasteiger partial charge on any atom is -0.497 e. The van der Waals surface area contributed by atoms with Crippen molar-refractivity contribution in [2.75, 3.05) is 40.4 Å². The van der Waals surface area contributed by atoms with Crippen LogP contribution in [0.15, 0.2) is 23.2 Å². The second kappa shape index (κ2) is 11.7. The van der Waals surface area contributed by atoms with E-state index in [1.807, 2.05) is 6.07 Å². The van der Waals surface area contributed by atoms with E-state index >= 15 is 0 Å². The number of hydrogen-bond acceptors (Lipinski definition) is 5. The van der Waals surface area contributed by atoms with E-state index in [0.29, 0.717) is 5.92 Å². The maximum atomic E-state index is 5.44. The topological polar surface area (TPSA) is 59.0 Å². The highest BCUT2D eigenvalue weighted by Crippen LogP contribution is 2.33. The quantitative estimate of drug-likeness (QED) is 0.319. The number of nitrogens with one attached hydrogen (secondary N) is 1. The zero-order valence-corrected chi connectivity index (χ0v) is 21.7. The lowest BCUT2D eigenvalue weighted by Crippen LogP contribution is -2.40. The van der Waals surface area contributed by atoms with Gasteiger partial charge in [0.2, 0.25) is 0 Å². The van der Waals surface area contributed by atoms with Crippen molar-refractivity contribution in [1.82, 2.24) is 15.2 Å². The lowest BCUT2D eigenvalue weighted by atomic mass is 9.98. The van der Waals surface area contributed by atoms with Crippen molar-refractivity contribution in [2.24, 2.45) is 4.99 Å². The summed E-state index contributed by atoms with van der Waals surface area (Å²) < 4.78 is 10.9. The summed E-state index contributed by atoms with van der Waals surface area (Å²) in [7, 11) is 3.39. The molecule has 8 heteroatoms. The second-order valence-electron chi connectivity index (χ2n) is 7.30. The molecule has 2 aromatic rings. The lowest BCUT2D eigenvalue weighted by Gasteiger charge is -2.22. The summed E-state index contributed by atoms with van der Waals surface area (Å²) in [6.45, 7) is 9.85. The van der Waals surface area contributed by atoms with Crippen molar-refractivity contribution in [3.05, 3.63) is 39.3 Å². The zero-order valence-electron chi connectivity index (χ0n) is 18.5. The van der Waals surface area contributed by atoms with Gasteiger partial charge >= 0.3 is 0 Å². The third-order valence-corrected chi connectivity index (χ3v) is 6.40. The number of hydrogen-bond donors (Lipinski definition) is 1. The monoisotopic (exact) mass is 544 g/mol. The summed E-state index contributed by atoms with van der Waals surface area (Å²) in [5.74, 6) is 3.13. The predicted octanol–water partition coefficient (Wildman–Crippen LogP) is 4.39. The summed E-state index contributed by atoms with van der Waals surface area (Å²) in [6.07, 6.45) is 2.03. The highest BCUT2D eigenvalue weighted by molar-refractivity contribution is 14.0.